The van der Waals surface area contributed by atoms with Crippen molar-refractivity contribution in [2.24, 2.45) is 0 Å². The summed E-state index contributed by atoms with van der Waals surface area (Å²) in [7, 11) is -3.36. The Morgan fingerprint density at radius 2 is 1.58 bits per heavy atom. The normalized spacial score (nSPS) is 11.3. The molecule has 0 atom stereocenters. The Morgan fingerprint density at radius 3 is 2.24 bits per heavy atom. The van der Waals surface area contributed by atoms with E-state index < -0.39 is 13.5 Å². The fourth-order valence-electron chi connectivity index (χ4n) is 2.93. The predicted octanol–water partition coefficient (Wildman–Crippen LogP) is 5.10. The van der Waals surface area contributed by atoms with E-state index in [-0.39, 0.29) is 38.2 Å². The van der Waals surface area contributed by atoms with E-state index in [1.165, 1.54) is 0 Å². The Morgan fingerprint density at radius 1 is 0.939 bits per heavy atom. The zero-order valence-electron chi connectivity index (χ0n) is 18.5. The Kier molecular flexibility index (Phi) is 8.96. The second-order valence-corrected chi connectivity index (χ2v) is 10.0. The number of benzene rings is 2. The zero-order chi connectivity index (χ0) is 23.7. The summed E-state index contributed by atoms with van der Waals surface area (Å²) < 4.78 is 23.7. The molecule has 0 aliphatic rings. The summed E-state index contributed by atoms with van der Waals surface area (Å²) in [6, 6.07) is 15.1. The molecule has 176 valence electrons. The number of hydrogen-bond donors (Lipinski definition) is 3. The molecule has 0 bridgehead atoms. The summed E-state index contributed by atoms with van der Waals surface area (Å²) in [6.45, 7) is 3.82. The molecule has 0 saturated carbocycles. The third-order valence-corrected chi connectivity index (χ3v) is 7.21. The number of carbonyl (C=O) groups excluding carboxylic acids is 2. The number of thiazole rings is 1. The fraction of sp³-hybridized carbons (Fsp3) is 0.318. The van der Waals surface area contributed by atoms with Crippen molar-refractivity contribution in [3.63, 3.8) is 0 Å². The first-order chi connectivity index (χ1) is 15.9. The third kappa shape index (κ3) is 7.64. The average molecular weight is 491 g/mol. The van der Waals surface area contributed by atoms with E-state index in [1.807, 2.05) is 36.4 Å². The molecule has 9 nitrogen and oxygen atoms in total. The van der Waals surface area contributed by atoms with Gasteiger partial charge in [-0.15, -0.1) is 0 Å². The van der Waals surface area contributed by atoms with E-state index in [1.54, 1.807) is 37.3 Å². The van der Waals surface area contributed by atoms with Crippen LogP contribution in [0.5, 0.6) is 0 Å². The van der Waals surface area contributed by atoms with Gasteiger partial charge in [-0.2, -0.15) is 0 Å². The lowest BCUT2D eigenvalue weighted by molar-refractivity contribution is -0.124. The van der Waals surface area contributed by atoms with E-state index in [0.717, 1.165) is 21.0 Å². The van der Waals surface area contributed by atoms with Gasteiger partial charge in [-0.05, 0) is 50.2 Å². The highest BCUT2D eigenvalue weighted by Crippen LogP contribution is 2.46. The minimum absolute atomic E-state index is 0.00882. The van der Waals surface area contributed by atoms with E-state index in [2.05, 4.69) is 20.9 Å². The molecule has 0 aliphatic carbocycles. The number of hydrogen-bond acceptors (Lipinski definition) is 8. The number of fused-ring (bicyclic) bond motifs is 1. The number of nitrogens with one attached hydrogen (secondary N) is 3. The minimum Gasteiger partial charge on any atom is -0.344 e. The van der Waals surface area contributed by atoms with Gasteiger partial charge >= 0.3 is 7.60 Å². The molecule has 0 saturated heterocycles. The monoisotopic (exact) mass is 490 g/mol. The van der Waals surface area contributed by atoms with E-state index in [4.69, 9.17) is 9.05 Å². The Hall–Kier alpha value is -2.78. The van der Waals surface area contributed by atoms with Crippen LogP contribution in [0.1, 0.15) is 26.7 Å². The summed E-state index contributed by atoms with van der Waals surface area (Å²) >= 11 is 1.56. The van der Waals surface area contributed by atoms with Gasteiger partial charge in [0.15, 0.2) is 5.13 Å². The first-order valence-corrected chi connectivity index (χ1v) is 13.1. The molecule has 0 unspecified atom stereocenters. The van der Waals surface area contributed by atoms with Crippen LogP contribution in [-0.2, 0) is 23.2 Å². The molecule has 3 N–H and O–H groups in total. The van der Waals surface area contributed by atoms with Crippen molar-refractivity contribution in [1.82, 2.24) is 10.3 Å². The first-order valence-electron chi connectivity index (χ1n) is 10.6. The van der Waals surface area contributed by atoms with Gasteiger partial charge in [0, 0.05) is 24.2 Å². The maximum absolute atomic E-state index is 12.3. The smallest absolute Gasteiger partial charge is 0.344 e. The van der Waals surface area contributed by atoms with Gasteiger partial charge < -0.3 is 25.0 Å². The summed E-state index contributed by atoms with van der Waals surface area (Å²) in [6.07, 6.45) is -0.273. The van der Waals surface area contributed by atoms with E-state index in [9.17, 15) is 14.2 Å². The first kappa shape index (κ1) is 24.9. The lowest BCUT2D eigenvalue weighted by Crippen LogP contribution is -2.26. The average Bonchev–Trinajstić information content (AvgIpc) is 3.20. The predicted molar refractivity (Wildman–Crippen MR) is 131 cm³/mol. The third-order valence-electron chi connectivity index (χ3n) is 4.41. The molecule has 3 rings (SSSR count). The number of anilines is 3. The molecule has 0 radical (unpaired) electrons. The molecule has 0 aliphatic heterocycles. The van der Waals surface area contributed by atoms with Crippen LogP contribution < -0.4 is 16.0 Å². The van der Waals surface area contributed by atoms with Gasteiger partial charge in [-0.1, -0.05) is 23.5 Å². The molecule has 3 aromatic rings. The van der Waals surface area contributed by atoms with Crippen molar-refractivity contribution in [2.45, 2.75) is 26.7 Å². The van der Waals surface area contributed by atoms with Gasteiger partial charge in [-0.25, -0.2) is 4.98 Å². The molecule has 2 aromatic carbocycles. The van der Waals surface area contributed by atoms with Crippen molar-refractivity contribution in [3.8, 4) is 0 Å². The Balaban J connectivity index is 1.43. The van der Waals surface area contributed by atoms with Gasteiger partial charge in [0.05, 0.1) is 23.4 Å². The standard InChI is InChI=1S/C22H27N4O5PS/c1-3-30-32(29,31-4-2)15-23-20(27)13-14-21(28)24-16-9-11-17(12-10-16)25-22-26-18-7-5-6-8-19(18)33-22/h5-12H,3-4,13-15H2,1-2H3,(H,23,27)(H,24,28)(H,25,26). The molecule has 33 heavy (non-hydrogen) atoms. The molecule has 1 aromatic heterocycles. The number of carbonyl (C=O) groups is 2. The second-order valence-electron chi connectivity index (χ2n) is 6.94. The van der Waals surface area contributed by atoms with Crippen LogP contribution in [0.3, 0.4) is 0 Å². The Labute approximate surface area is 196 Å². The topological polar surface area (TPSA) is 119 Å². The lowest BCUT2D eigenvalue weighted by Gasteiger charge is -2.17. The van der Waals surface area contributed by atoms with Crippen LogP contribution >= 0.6 is 18.9 Å². The molecule has 0 spiro atoms. The van der Waals surface area contributed by atoms with Crippen LogP contribution in [0.15, 0.2) is 48.5 Å². The maximum atomic E-state index is 12.3. The quantitative estimate of drug-likeness (QED) is 0.302. The number of amides is 2. The van der Waals surface area contributed by atoms with Crippen LogP contribution in [0, 0.1) is 0 Å². The largest absolute Gasteiger partial charge is 0.349 e. The lowest BCUT2D eigenvalue weighted by atomic mass is 10.2. The molecular weight excluding hydrogens is 463 g/mol. The van der Waals surface area contributed by atoms with Crippen LogP contribution in [0.2, 0.25) is 0 Å². The van der Waals surface area contributed by atoms with Crippen molar-refractivity contribution >= 4 is 57.5 Å². The van der Waals surface area contributed by atoms with E-state index >= 15 is 0 Å². The fourth-order valence-corrected chi connectivity index (χ4v) is 5.23. The summed E-state index contributed by atoms with van der Waals surface area (Å²) in [5.41, 5.74) is 2.41. The summed E-state index contributed by atoms with van der Waals surface area (Å²) in [5.74, 6) is -0.699. The number of aromatic nitrogens is 1. The molecule has 2 amide bonds. The van der Waals surface area contributed by atoms with Gasteiger partial charge in [0.2, 0.25) is 11.8 Å². The molecule has 1 heterocycles. The number of nitrogens with zero attached hydrogens (tertiary/aromatic N) is 1. The highest BCUT2D eigenvalue weighted by atomic mass is 32.1. The minimum atomic E-state index is -3.36. The zero-order valence-corrected chi connectivity index (χ0v) is 20.2. The van der Waals surface area contributed by atoms with Crippen molar-refractivity contribution in [1.29, 1.82) is 0 Å². The number of para-hydroxylation sites is 1. The molecule has 11 heteroatoms. The molecule has 0 fully saturated rings. The van der Waals surface area contributed by atoms with Gasteiger partial charge in [0.1, 0.15) is 6.29 Å². The summed E-state index contributed by atoms with van der Waals surface area (Å²) in [5, 5.41) is 9.31. The second kappa shape index (κ2) is 11.9. The van der Waals surface area contributed by atoms with Crippen molar-refractivity contribution in [3.05, 3.63) is 48.5 Å². The maximum Gasteiger partial charge on any atom is 0.349 e. The van der Waals surface area contributed by atoms with Crippen LogP contribution in [-0.4, -0.2) is 36.3 Å². The number of rotatable bonds is 12. The van der Waals surface area contributed by atoms with Gasteiger partial charge in [-0.3, -0.25) is 14.2 Å². The summed E-state index contributed by atoms with van der Waals surface area (Å²) in [4.78, 5) is 28.7. The van der Waals surface area contributed by atoms with Gasteiger partial charge in [0.25, 0.3) is 0 Å². The van der Waals surface area contributed by atoms with Crippen LogP contribution in [0.25, 0.3) is 10.2 Å². The highest BCUT2D eigenvalue weighted by Gasteiger charge is 2.24. The van der Waals surface area contributed by atoms with Crippen molar-refractivity contribution in [2.75, 3.05) is 30.1 Å². The molecular formula is C22H27N4O5PS. The van der Waals surface area contributed by atoms with Crippen LogP contribution in [0.4, 0.5) is 16.5 Å². The van der Waals surface area contributed by atoms with E-state index in [0.29, 0.717) is 5.69 Å². The highest BCUT2D eigenvalue weighted by molar-refractivity contribution is 7.53. The Bertz CT molecular complexity index is 1090. The SMILES string of the molecule is CCOP(=O)(CNC(=O)CCC(=O)Nc1ccc(Nc2nc3ccccc3s2)cc1)OCC. The van der Waals surface area contributed by atoms with Crippen molar-refractivity contribution < 1.29 is 23.2 Å².